The van der Waals surface area contributed by atoms with Gasteiger partial charge in [0.25, 0.3) is 0 Å². The van der Waals surface area contributed by atoms with E-state index in [-0.39, 0.29) is 6.03 Å². The van der Waals surface area contributed by atoms with E-state index >= 15 is 0 Å². The minimum absolute atomic E-state index is 0.00678. The fourth-order valence-corrected chi connectivity index (χ4v) is 2.90. The quantitative estimate of drug-likeness (QED) is 0.632. The third-order valence-corrected chi connectivity index (χ3v) is 4.23. The summed E-state index contributed by atoms with van der Waals surface area (Å²) in [5, 5.41) is 2.99. The van der Waals surface area contributed by atoms with E-state index in [4.69, 9.17) is 4.74 Å². The lowest BCUT2D eigenvalue weighted by molar-refractivity contribution is 0.194. The van der Waals surface area contributed by atoms with Crippen molar-refractivity contribution in [3.05, 3.63) is 41.7 Å². The summed E-state index contributed by atoms with van der Waals surface area (Å²) in [4.78, 5) is 21.8. The van der Waals surface area contributed by atoms with Crippen LogP contribution in [0, 0.1) is 0 Å². The highest BCUT2D eigenvalue weighted by atomic mass is 16.5. The molecule has 0 spiro atoms. The fourth-order valence-electron chi connectivity index (χ4n) is 2.90. The summed E-state index contributed by atoms with van der Waals surface area (Å²) in [5.41, 5.74) is 3.32. The number of carbonyl (C=O) groups is 1. The van der Waals surface area contributed by atoms with E-state index in [1.807, 2.05) is 29.2 Å². The Morgan fingerprint density at radius 3 is 3.04 bits per heavy atom. The highest BCUT2D eigenvalue weighted by molar-refractivity contribution is 5.75. The first kappa shape index (κ1) is 16.5. The maximum Gasteiger partial charge on any atom is 0.317 e. The standard InChI is InChI=1S/C18H24N4O2/c1-24-13-14-8-11-22(12-9-14)18(23)19-10-4-7-17-20-15-5-2-3-6-16(15)21-17/h2-3,5-6,8H,4,7,9-13H2,1H3,(H,19,23)(H,20,21). The zero-order chi connectivity index (χ0) is 16.8. The molecule has 6 nitrogen and oxygen atoms in total. The molecule has 2 heterocycles. The minimum Gasteiger partial charge on any atom is -0.380 e. The van der Waals surface area contributed by atoms with Crippen molar-refractivity contribution in [3.8, 4) is 0 Å². The average molecular weight is 328 g/mol. The number of carbonyl (C=O) groups excluding carboxylic acids is 1. The Labute approximate surface area is 141 Å². The van der Waals surface area contributed by atoms with E-state index in [9.17, 15) is 4.79 Å². The number of rotatable bonds is 6. The lowest BCUT2D eigenvalue weighted by atomic mass is 10.1. The van der Waals surface area contributed by atoms with E-state index < -0.39 is 0 Å². The number of ether oxygens (including phenoxy) is 1. The molecule has 6 heteroatoms. The number of urea groups is 1. The van der Waals surface area contributed by atoms with E-state index in [2.05, 4.69) is 21.4 Å². The van der Waals surface area contributed by atoms with Gasteiger partial charge >= 0.3 is 6.03 Å². The van der Waals surface area contributed by atoms with Gasteiger partial charge in [-0.25, -0.2) is 9.78 Å². The Balaban J connectivity index is 1.39. The highest BCUT2D eigenvalue weighted by Gasteiger charge is 2.16. The normalized spacial score (nSPS) is 14.7. The molecule has 0 saturated carbocycles. The van der Waals surface area contributed by atoms with Gasteiger partial charge in [0.15, 0.2) is 0 Å². The van der Waals surface area contributed by atoms with Gasteiger partial charge in [-0.05, 0) is 30.5 Å². The van der Waals surface area contributed by atoms with Gasteiger partial charge in [-0.1, -0.05) is 18.2 Å². The van der Waals surface area contributed by atoms with E-state index in [0.29, 0.717) is 19.7 Å². The molecule has 2 amide bonds. The molecular weight excluding hydrogens is 304 g/mol. The molecule has 1 aromatic carbocycles. The predicted molar refractivity (Wildman–Crippen MR) is 94.0 cm³/mol. The largest absolute Gasteiger partial charge is 0.380 e. The van der Waals surface area contributed by atoms with Crippen LogP contribution in [-0.2, 0) is 11.2 Å². The van der Waals surface area contributed by atoms with Crippen LogP contribution in [0.2, 0.25) is 0 Å². The number of aryl methyl sites for hydroxylation is 1. The summed E-state index contributed by atoms with van der Waals surface area (Å²) in [5.74, 6) is 0.968. The molecule has 24 heavy (non-hydrogen) atoms. The van der Waals surface area contributed by atoms with Crippen LogP contribution < -0.4 is 5.32 Å². The Bertz CT molecular complexity index is 690. The van der Waals surface area contributed by atoms with Gasteiger partial charge in [-0.15, -0.1) is 0 Å². The zero-order valence-electron chi connectivity index (χ0n) is 14.0. The Kier molecular flexibility index (Phi) is 5.48. The van der Waals surface area contributed by atoms with Crippen LogP contribution in [-0.4, -0.2) is 54.2 Å². The number of fused-ring (bicyclic) bond motifs is 1. The second-order valence-corrected chi connectivity index (χ2v) is 6.03. The number of imidazole rings is 1. The highest BCUT2D eigenvalue weighted by Crippen LogP contribution is 2.12. The topological polar surface area (TPSA) is 70.2 Å². The number of amides is 2. The molecule has 1 aliphatic heterocycles. The SMILES string of the molecule is COCC1=CCN(C(=O)NCCCc2nc3ccccc3[nH]2)CC1. The number of para-hydroxylation sites is 2. The first-order valence-corrected chi connectivity index (χ1v) is 8.39. The lowest BCUT2D eigenvalue weighted by Crippen LogP contribution is -2.42. The number of hydrogen-bond donors (Lipinski definition) is 2. The second kappa shape index (κ2) is 7.97. The van der Waals surface area contributed by atoms with Crippen molar-refractivity contribution in [2.45, 2.75) is 19.3 Å². The Morgan fingerprint density at radius 1 is 1.42 bits per heavy atom. The van der Waals surface area contributed by atoms with Crippen molar-refractivity contribution in [3.63, 3.8) is 0 Å². The van der Waals surface area contributed by atoms with Crippen LogP contribution in [0.5, 0.6) is 0 Å². The first-order chi connectivity index (χ1) is 11.8. The number of H-pyrrole nitrogens is 1. The summed E-state index contributed by atoms with van der Waals surface area (Å²) in [7, 11) is 1.70. The van der Waals surface area contributed by atoms with Crippen molar-refractivity contribution in [1.29, 1.82) is 0 Å². The molecule has 2 aromatic rings. The van der Waals surface area contributed by atoms with Crippen molar-refractivity contribution < 1.29 is 9.53 Å². The third-order valence-electron chi connectivity index (χ3n) is 4.23. The first-order valence-electron chi connectivity index (χ1n) is 8.39. The second-order valence-electron chi connectivity index (χ2n) is 6.03. The van der Waals surface area contributed by atoms with Gasteiger partial charge in [0.2, 0.25) is 0 Å². The molecule has 0 radical (unpaired) electrons. The summed E-state index contributed by atoms with van der Waals surface area (Å²) in [6, 6.07) is 8.01. The van der Waals surface area contributed by atoms with E-state index in [1.54, 1.807) is 7.11 Å². The van der Waals surface area contributed by atoms with E-state index in [1.165, 1.54) is 5.57 Å². The molecule has 1 aromatic heterocycles. The molecular formula is C18H24N4O2. The van der Waals surface area contributed by atoms with Crippen molar-refractivity contribution in [1.82, 2.24) is 20.2 Å². The number of aromatic nitrogens is 2. The van der Waals surface area contributed by atoms with Crippen LogP contribution in [0.15, 0.2) is 35.9 Å². The van der Waals surface area contributed by atoms with Gasteiger partial charge in [0.05, 0.1) is 17.6 Å². The summed E-state index contributed by atoms with van der Waals surface area (Å²) in [6.07, 6.45) is 4.66. The predicted octanol–water partition coefficient (Wildman–Crippen LogP) is 2.48. The Hall–Kier alpha value is -2.34. The number of hydrogen-bond acceptors (Lipinski definition) is 3. The van der Waals surface area contributed by atoms with Crippen LogP contribution in [0.3, 0.4) is 0 Å². The molecule has 0 aliphatic carbocycles. The van der Waals surface area contributed by atoms with Crippen LogP contribution in [0.4, 0.5) is 4.79 Å². The Morgan fingerprint density at radius 2 is 2.29 bits per heavy atom. The number of benzene rings is 1. The van der Waals surface area contributed by atoms with Gasteiger partial charge in [0.1, 0.15) is 5.82 Å². The minimum atomic E-state index is 0.00678. The smallest absolute Gasteiger partial charge is 0.317 e. The van der Waals surface area contributed by atoms with Crippen molar-refractivity contribution in [2.24, 2.45) is 0 Å². The van der Waals surface area contributed by atoms with Crippen molar-refractivity contribution in [2.75, 3.05) is 33.4 Å². The number of nitrogens with zero attached hydrogens (tertiary/aromatic N) is 2. The summed E-state index contributed by atoms with van der Waals surface area (Å²) >= 11 is 0. The molecule has 0 bridgehead atoms. The van der Waals surface area contributed by atoms with Gasteiger partial charge in [0, 0.05) is 33.2 Å². The summed E-state index contributed by atoms with van der Waals surface area (Å²) in [6.45, 7) is 2.73. The summed E-state index contributed by atoms with van der Waals surface area (Å²) < 4.78 is 5.12. The van der Waals surface area contributed by atoms with Gasteiger partial charge < -0.3 is 19.9 Å². The lowest BCUT2D eigenvalue weighted by Gasteiger charge is -2.26. The molecule has 0 atom stereocenters. The number of methoxy groups -OCH3 is 1. The zero-order valence-corrected chi connectivity index (χ0v) is 14.0. The van der Waals surface area contributed by atoms with E-state index in [0.717, 1.165) is 42.7 Å². The molecule has 0 fully saturated rings. The number of aromatic amines is 1. The molecule has 0 saturated heterocycles. The molecule has 3 rings (SSSR count). The molecule has 1 aliphatic rings. The van der Waals surface area contributed by atoms with Gasteiger partial charge in [-0.2, -0.15) is 0 Å². The van der Waals surface area contributed by atoms with Crippen LogP contribution >= 0.6 is 0 Å². The molecule has 0 unspecified atom stereocenters. The third kappa shape index (κ3) is 4.14. The van der Waals surface area contributed by atoms with Crippen LogP contribution in [0.1, 0.15) is 18.7 Å². The van der Waals surface area contributed by atoms with Crippen molar-refractivity contribution >= 4 is 17.1 Å². The molecule has 2 N–H and O–H groups in total. The maximum absolute atomic E-state index is 12.1. The maximum atomic E-state index is 12.1. The fraction of sp³-hybridized carbons (Fsp3) is 0.444. The average Bonchev–Trinajstić information content (AvgIpc) is 3.02. The van der Waals surface area contributed by atoms with Gasteiger partial charge in [-0.3, -0.25) is 0 Å². The number of nitrogens with one attached hydrogen (secondary N) is 2. The molecule has 128 valence electrons. The monoisotopic (exact) mass is 328 g/mol. The van der Waals surface area contributed by atoms with Crippen LogP contribution in [0.25, 0.3) is 11.0 Å².